The molecule has 0 saturated heterocycles. The number of para-hydroxylation sites is 1. The van der Waals surface area contributed by atoms with E-state index in [4.69, 9.17) is 0 Å². The topological polar surface area (TPSA) is 51.0 Å². The number of hydrogen-bond acceptors (Lipinski definition) is 3. The van der Waals surface area contributed by atoms with Crippen molar-refractivity contribution in [1.82, 2.24) is 19.4 Å². The van der Waals surface area contributed by atoms with E-state index in [1.807, 2.05) is 91.5 Å². The lowest BCUT2D eigenvalue weighted by atomic mass is 10.1. The fraction of sp³-hybridized carbons (Fsp3) is 0.125. The SMILES string of the molecule is C[C@@H](c1cccnc1)N(C)C(=O)c1ccc(-c2cn(-c3ccccc3)cn2)cc1. The Hall–Kier alpha value is -3.73. The van der Waals surface area contributed by atoms with Crippen molar-refractivity contribution in [2.45, 2.75) is 13.0 Å². The molecule has 2 heterocycles. The molecule has 0 saturated carbocycles. The summed E-state index contributed by atoms with van der Waals surface area (Å²) in [5.74, 6) is -0.0253. The molecule has 2 aromatic carbocycles. The van der Waals surface area contributed by atoms with Gasteiger partial charge in [-0.1, -0.05) is 36.4 Å². The minimum atomic E-state index is -0.0579. The Morgan fingerprint density at radius 3 is 2.45 bits per heavy atom. The van der Waals surface area contributed by atoms with Crippen LogP contribution in [0.25, 0.3) is 16.9 Å². The molecular weight excluding hydrogens is 360 g/mol. The summed E-state index contributed by atoms with van der Waals surface area (Å²) in [7, 11) is 1.81. The van der Waals surface area contributed by atoms with Crippen molar-refractivity contribution >= 4 is 5.91 Å². The molecule has 0 aliphatic carbocycles. The number of pyridine rings is 1. The van der Waals surface area contributed by atoms with Crippen molar-refractivity contribution in [3.05, 3.63) is 103 Å². The Labute approximate surface area is 170 Å². The van der Waals surface area contributed by atoms with E-state index in [-0.39, 0.29) is 11.9 Å². The normalized spacial score (nSPS) is 11.8. The van der Waals surface area contributed by atoms with Crippen LogP contribution in [-0.4, -0.2) is 32.4 Å². The number of carbonyl (C=O) groups excluding carboxylic acids is 1. The average molecular weight is 382 g/mol. The van der Waals surface area contributed by atoms with Crippen LogP contribution in [0, 0.1) is 0 Å². The summed E-state index contributed by atoms with van der Waals surface area (Å²) in [5, 5.41) is 0. The van der Waals surface area contributed by atoms with E-state index in [0.29, 0.717) is 5.56 Å². The lowest BCUT2D eigenvalue weighted by molar-refractivity contribution is 0.0742. The zero-order valence-corrected chi connectivity index (χ0v) is 16.4. The standard InChI is InChI=1S/C24H22N4O/c1-18(21-7-6-14-25-15-21)27(2)24(29)20-12-10-19(11-13-20)23-16-28(17-26-23)22-8-4-3-5-9-22/h3-18H,1-2H3/t18-/m0/s1. The second-order valence-corrected chi connectivity index (χ2v) is 6.96. The molecule has 144 valence electrons. The van der Waals surface area contributed by atoms with Gasteiger partial charge in [0.15, 0.2) is 0 Å². The van der Waals surface area contributed by atoms with Crippen LogP contribution < -0.4 is 0 Å². The Balaban J connectivity index is 1.51. The van der Waals surface area contributed by atoms with Crippen LogP contribution in [-0.2, 0) is 0 Å². The molecule has 0 aliphatic rings. The number of aromatic nitrogens is 3. The highest BCUT2D eigenvalue weighted by molar-refractivity contribution is 5.94. The van der Waals surface area contributed by atoms with Crippen LogP contribution in [0.15, 0.2) is 91.6 Å². The van der Waals surface area contributed by atoms with Gasteiger partial charge in [0, 0.05) is 42.5 Å². The predicted octanol–water partition coefficient (Wildman–Crippen LogP) is 4.77. The number of benzene rings is 2. The van der Waals surface area contributed by atoms with E-state index in [1.165, 1.54) is 0 Å². The molecule has 1 amide bonds. The third-order valence-electron chi connectivity index (χ3n) is 5.13. The summed E-state index contributed by atoms with van der Waals surface area (Å²) in [6, 6.07) is 21.4. The van der Waals surface area contributed by atoms with Crippen molar-refractivity contribution in [2.75, 3.05) is 7.05 Å². The van der Waals surface area contributed by atoms with Crippen molar-refractivity contribution in [3.63, 3.8) is 0 Å². The van der Waals surface area contributed by atoms with Crippen molar-refractivity contribution in [2.24, 2.45) is 0 Å². The van der Waals surface area contributed by atoms with Crippen molar-refractivity contribution < 1.29 is 4.79 Å². The molecule has 0 N–H and O–H groups in total. The third kappa shape index (κ3) is 3.94. The number of nitrogens with zero attached hydrogens (tertiary/aromatic N) is 4. The molecule has 5 nitrogen and oxygen atoms in total. The van der Waals surface area contributed by atoms with Gasteiger partial charge in [0.2, 0.25) is 0 Å². The third-order valence-corrected chi connectivity index (χ3v) is 5.13. The van der Waals surface area contributed by atoms with Gasteiger partial charge in [-0.25, -0.2) is 4.98 Å². The molecule has 1 atom stereocenters. The lowest BCUT2D eigenvalue weighted by Crippen LogP contribution is -2.29. The zero-order chi connectivity index (χ0) is 20.2. The van der Waals surface area contributed by atoms with E-state index >= 15 is 0 Å². The van der Waals surface area contributed by atoms with Crippen molar-refractivity contribution in [3.8, 4) is 16.9 Å². The molecule has 4 rings (SSSR count). The fourth-order valence-electron chi connectivity index (χ4n) is 3.22. The highest BCUT2D eigenvalue weighted by Crippen LogP contribution is 2.23. The fourth-order valence-corrected chi connectivity index (χ4v) is 3.22. The smallest absolute Gasteiger partial charge is 0.254 e. The van der Waals surface area contributed by atoms with Crippen LogP contribution in [0.4, 0.5) is 0 Å². The first-order valence-electron chi connectivity index (χ1n) is 9.50. The maximum atomic E-state index is 12.9. The lowest BCUT2D eigenvalue weighted by Gasteiger charge is -2.25. The number of carbonyl (C=O) groups is 1. The summed E-state index contributed by atoms with van der Waals surface area (Å²) in [6.45, 7) is 2.00. The largest absolute Gasteiger partial charge is 0.335 e. The summed E-state index contributed by atoms with van der Waals surface area (Å²) < 4.78 is 1.98. The predicted molar refractivity (Wildman–Crippen MR) is 114 cm³/mol. The summed E-state index contributed by atoms with van der Waals surface area (Å²) in [5.41, 5.74) is 4.55. The quantitative estimate of drug-likeness (QED) is 0.500. The molecule has 4 aromatic rings. The molecule has 29 heavy (non-hydrogen) atoms. The van der Waals surface area contributed by atoms with Crippen LogP contribution in [0.5, 0.6) is 0 Å². The molecule has 0 fully saturated rings. The van der Waals surface area contributed by atoms with Gasteiger partial charge in [-0.05, 0) is 42.8 Å². The molecule has 0 aliphatic heterocycles. The molecule has 0 unspecified atom stereocenters. The second-order valence-electron chi connectivity index (χ2n) is 6.96. The molecule has 0 radical (unpaired) electrons. The molecular formula is C24H22N4O. The monoisotopic (exact) mass is 382 g/mol. The maximum Gasteiger partial charge on any atom is 0.254 e. The first-order valence-corrected chi connectivity index (χ1v) is 9.50. The average Bonchev–Trinajstić information content (AvgIpc) is 3.29. The Morgan fingerprint density at radius 2 is 1.76 bits per heavy atom. The zero-order valence-electron chi connectivity index (χ0n) is 16.4. The molecule has 5 heteroatoms. The van der Waals surface area contributed by atoms with Gasteiger partial charge in [0.05, 0.1) is 18.1 Å². The number of hydrogen-bond donors (Lipinski definition) is 0. The van der Waals surface area contributed by atoms with E-state index in [1.54, 1.807) is 23.6 Å². The van der Waals surface area contributed by atoms with E-state index in [2.05, 4.69) is 9.97 Å². The van der Waals surface area contributed by atoms with Crippen LogP contribution in [0.2, 0.25) is 0 Å². The summed E-state index contributed by atoms with van der Waals surface area (Å²) in [6.07, 6.45) is 7.31. The van der Waals surface area contributed by atoms with Gasteiger partial charge in [-0.2, -0.15) is 0 Å². The maximum absolute atomic E-state index is 12.9. The highest BCUT2D eigenvalue weighted by atomic mass is 16.2. The van der Waals surface area contributed by atoms with E-state index in [0.717, 1.165) is 22.5 Å². The number of amides is 1. The van der Waals surface area contributed by atoms with Crippen LogP contribution in [0.3, 0.4) is 0 Å². The molecule has 0 bridgehead atoms. The molecule has 2 aromatic heterocycles. The Kier molecular flexibility index (Phi) is 5.20. The number of rotatable bonds is 5. The first kappa shape index (κ1) is 18.6. The van der Waals surface area contributed by atoms with Gasteiger partial charge < -0.3 is 9.47 Å². The summed E-state index contributed by atoms with van der Waals surface area (Å²) >= 11 is 0. The van der Waals surface area contributed by atoms with Crippen molar-refractivity contribution in [1.29, 1.82) is 0 Å². The van der Waals surface area contributed by atoms with Gasteiger partial charge in [-0.3, -0.25) is 9.78 Å². The van der Waals surface area contributed by atoms with Gasteiger partial charge in [-0.15, -0.1) is 0 Å². The number of imidazole rings is 1. The Bertz CT molecular complexity index is 1090. The second kappa shape index (κ2) is 8.10. The van der Waals surface area contributed by atoms with E-state index in [9.17, 15) is 4.79 Å². The molecule has 0 spiro atoms. The first-order chi connectivity index (χ1) is 14.1. The summed E-state index contributed by atoms with van der Waals surface area (Å²) in [4.78, 5) is 23.3. The highest BCUT2D eigenvalue weighted by Gasteiger charge is 2.19. The van der Waals surface area contributed by atoms with Crippen LogP contribution >= 0.6 is 0 Å². The Morgan fingerprint density at radius 1 is 1.00 bits per heavy atom. The van der Waals surface area contributed by atoms with Gasteiger partial charge >= 0.3 is 0 Å². The minimum Gasteiger partial charge on any atom is -0.335 e. The van der Waals surface area contributed by atoms with Crippen LogP contribution in [0.1, 0.15) is 28.9 Å². The van der Waals surface area contributed by atoms with Gasteiger partial charge in [0.25, 0.3) is 5.91 Å². The van der Waals surface area contributed by atoms with Gasteiger partial charge in [0.1, 0.15) is 0 Å². The van der Waals surface area contributed by atoms with E-state index < -0.39 is 0 Å². The minimum absolute atomic E-state index is 0.0253.